The standard InChI is InChI=1S/C13H19N3/c1-3-11(4-2)10-15-13-7-5-6-12-14-8-9-16(12)13/h5-9,11,15H,3-4,10H2,1-2H3. The average molecular weight is 217 g/mol. The molecule has 3 heteroatoms. The molecule has 0 spiro atoms. The van der Waals surface area contributed by atoms with Gasteiger partial charge in [-0.3, -0.25) is 4.40 Å². The predicted molar refractivity (Wildman–Crippen MR) is 67.8 cm³/mol. The molecule has 86 valence electrons. The van der Waals surface area contributed by atoms with Crippen LogP contribution in [0.4, 0.5) is 5.82 Å². The summed E-state index contributed by atoms with van der Waals surface area (Å²) in [6, 6.07) is 6.15. The molecule has 2 heterocycles. The summed E-state index contributed by atoms with van der Waals surface area (Å²) in [5, 5.41) is 3.50. The zero-order chi connectivity index (χ0) is 11.4. The van der Waals surface area contributed by atoms with Crippen LogP contribution >= 0.6 is 0 Å². The maximum atomic E-state index is 4.27. The van der Waals surface area contributed by atoms with Crippen molar-refractivity contribution in [3.63, 3.8) is 0 Å². The van der Waals surface area contributed by atoms with E-state index in [4.69, 9.17) is 0 Å². The van der Waals surface area contributed by atoms with E-state index in [9.17, 15) is 0 Å². The third-order valence-corrected chi connectivity index (χ3v) is 3.15. The molecule has 0 aromatic carbocycles. The lowest BCUT2D eigenvalue weighted by molar-refractivity contribution is 0.518. The Morgan fingerprint density at radius 1 is 1.31 bits per heavy atom. The molecule has 0 unspecified atom stereocenters. The van der Waals surface area contributed by atoms with Crippen LogP contribution in [0, 0.1) is 5.92 Å². The van der Waals surface area contributed by atoms with Crippen molar-refractivity contribution in [1.82, 2.24) is 9.38 Å². The molecule has 0 radical (unpaired) electrons. The molecule has 0 aliphatic heterocycles. The summed E-state index contributed by atoms with van der Waals surface area (Å²) in [5.74, 6) is 1.88. The Morgan fingerprint density at radius 2 is 2.12 bits per heavy atom. The fraction of sp³-hybridized carbons (Fsp3) is 0.462. The van der Waals surface area contributed by atoms with Crippen molar-refractivity contribution in [3.05, 3.63) is 30.6 Å². The number of nitrogens with one attached hydrogen (secondary N) is 1. The highest BCUT2D eigenvalue weighted by atomic mass is 15.1. The summed E-state index contributed by atoms with van der Waals surface area (Å²) in [4.78, 5) is 4.27. The predicted octanol–water partition coefficient (Wildman–Crippen LogP) is 3.18. The van der Waals surface area contributed by atoms with Crippen LogP contribution in [0.2, 0.25) is 0 Å². The molecular weight excluding hydrogens is 198 g/mol. The van der Waals surface area contributed by atoms with Crippen LogP contribution in [0.15, 0.2) is 30.6 Å². The molecule has 16 heavy (non-hydrogen) atoms. The molecule has 2 aromatic heterocycles. The van der Waals surface area contributed by atoms with Gasteiger partial charge in [-0.1, -0.05) is 32.8 Å². The first-order valence-electron chi connectivity index (χ1n) is 6.01. The Balaban J connectivity index is 2.11. The number of aromatic nitrogens is 2. The van der Waals surface area contributed by atoms with E-state index in [0.29, 0.717) is 0 Å². The normalized spacial score (nSPS) is 11.2. The first kappa shape index (κ1) is 11.0. The van der Waals surface area contributed by atoms with Crippen molar-refractivity contribution < 1.29 is 0 Å². The highest BCUT2D eigenvalue weighted by Gasteiger charge is 2.04. The minimum atomic E-state index is 0.749. The SMILES string of the molecule is CCC(CC)CNc1cccc2nccn12. The molecule has 0 aliphatic rings. The molecule has 2 aromatic rings. The zero-order valence-corrected chi connectivity index (χ0v) is 9.98. The summed E-state index contributed by atoms with van der Waals surface area (Å²) in [7, 11) is 0. The summed E-state index contributed by atoms with van der Waals surface area (Å²) < 4.78 is 2.09. The molecule has 0 saturated carbocycles. The van der Waals surface area contributed by atoms with Crippen LogP contribution < -0.4 is 5.32 Å². The third kappa shape index (κ3) is 2.18. The van der Waals surface area contributed by atoms with Gasteiger partial charge in [0.15, 0.2) is 0 Å². The topological polar surface area (TPSA) is 29.3 Å². The van der Waals surface area contributed by atoms with Gasteiger partial charge in [0.25, 0.3) is 0 Å². The number of hydrogen-bond donors (Lipinski definition) is 1. The smallest absolute Gasteiger partial charge is 0.138 e. The van der Waals surface area contributed by atoms with Gasteiger partial charge in [-0.2, -0.15) is 0 Å². The molecule has 0 amide bonds. The first-order valence-corrected chi connectivity index (χ1v) is 6.01. The number of nitrogens with zero attached hydrogens (tertiary/aromatic N) is 2. The number of hydrogen-bond acceptors (Lipinski definition) is 2. The number of anilines is 1. The van der Waals surface area contributed by atoms with Crippen LogP contribution in [0.25, 0.3) is 5.65 Å². The zero-order valence-electron chi connectivity index (χ0n) is 9.98. The molecule has 0 aliphatic carbocycles. The molecule has 0 bridgehead atoms. The summed E-state index contributed by atoms with van der Waals surface area (Å²) >= 11 is 0. The quantitative estimate of drug-likeness (QED) is 0.833. The van der Waals surface area contributed by atoms with Gasteiger partial charge in [0, 0.05) is 18.9 Å². The van der Waals surface area contributed by atoms with Gasteiger partial charge in [0.2, 0.25) is 0 Å². The van der Waals surface area contributed by atoms with Gasteiger partial charge in [-0.05, 0) is 18.1 Å². The fourth-order valence-corrected chi connectivity index (χ4v) is 1.92. The van der Waals surface area contributed by atoms with Gasteiger partial charge in [0.1, 0.15) is 11.5 Å². The van der Waals surface area contributed by atoms with Gasteiger partial charge >= 0.3 is 0 Å². The van der Waals surface area contributed by atoms with Crippen LogP contribution in [0.5, 0.6) is 0 Å². The third-order valence-electron chi connectivity index (χ3n) is 3.15. The van der Waals surface area contributed by atoms with E-state index >= 15 is 0 Å². The van der Waals surface area contributed by atoms with Crippen molar-refractivity contribution in [3.8, 4) is 0 Å². The van der Waals surface area contributed by atoms with Gasteiger partial charge < -0.3 is 5.32 Å². The number of imidazole rings is 1. The van der Waals surface area contributed by atoms with Gasteiger partial charge in [-0.25, -0.2) is 4.98 Å². The van der Waals surface area contributed by atoms with E-state index in [1.807, 2.05) is 24.5 Å². The van der Waals surface area contributed by atoms with E-state index in [0.717, 1.165) is 23.9 Å². The van der Waals surface area contributed by atoms with Crippen molar-refractivity contribution in [2.45, 2.75) is 26.7 Å². The average Bonchev–Trinajstić information content (AvgIpc) is 2.79. The lowest BCUT2D eigenvalue weighted by Crippen LogP contribution is -2.14. The molecule has 3 nitrogen and oxygen atoms in total. The second-order valence-electron chi connectivity index (χ2n) is 4.13. The van der Waals surface area contributed by atoms with Crippen LogP contribution in [-0.4, -0.2) is 15.9 Å². The minimum absolute atomic E-state index is 0.749. The van der Waals surface area contributed by atoms with E-state index < -0.39 is 0 Å². The molecule has 2 rings (SSSR count). The molecule has 0 atom stereocenters. The van der Waals surface area contributed by atoms with Crippen LogP contribution in [-0.2, 0) is 0 Å². The Labute approximate surface area is 96.5 Å². The monoisotopic (exact) mass is 217 g/mol. The molecule has 0 saturated heterocycles. The second-order valence-corrected chi connectivity index (χ2v) is 4.13. The molecular formula is C13H19N3. The second kappa shape index (κ2) is 5.01. The summed E-state index contributed by atoms with van der Waals surface area (Å²) in [6.07, 6.45) is 6.27. The highest BCUT2D eigenvalue weighted by molar-refractivity contribution is 5.49. The maximum Gasteiger partial charge on any atom is 0.138 e. The highest BCUT2D eigenvalue weighted by Crippen LogP contribution is 2.13. The number of fused-ring (bicyclic) bond motifs is 1. The Hall–Kier alpha value is -1.51. The molecule has 1 N–H and O–H groups in total. The van der Waals surface area contributed by atoms with E-state index in [2.05, 4.69) is 34.6 Å². The lowest BCUT2D eigenvalue weighted by atomic mass is 10.0. The van der Waals surface area contributed by atoms with Gasteiger partial charge in [-0.15, -0.1) is 0 Å². The van der Waals surface area contributed by atoms with Crippen LogP contribution in [0.1, 0.15) is 26.7 Å². The fourth-order valence-electron chi connectivity index (χ4n) is 1.92. The van der Waals surface area contributed by atoms with Gasteiger partial charge in [0.05, 0.1) is 0 Å². The van der Waals surface area contributed by atoms with Crippen LogP contribution in [0.3, 0.4) is 0 Å². The van der Waals surface area contributed by atoms with Crippen molar-refractivity contribution >= 4 is 11.5 Å². The summed E-state index contributed by atoms with van der Waals surface area (Å²) in [6.45, 7) is 5.52. The van der Waals surface area contributed by atoms with E-state index in [1.54, 1.807) is 0 Å². The van der Waals surface area contributed by atoms with Crippen molar-refractivity contribution in [1.29, 1.82) is 0 Å². The summed E-state index contributed by atoms with van der Waals surface area (Å²) in [5.41, 5.74) is 0.995. The van der Waals surface area contributed by atoms with E-state index in [-0.39, 0.29) is 0 Å². The Morgan fingerprint density at radius 3 is 2.88 bits per heavy atom. The molecule has 0 fully saturated rings. The van der Waals surface area contributed by atoms with Crippen molar-refractivity contribution in [2.75, 3.05) is 11.9 Å². The van der Waals surface area contributed by atoms with E-state index in [1.165, 1.54) is 12.8 Å². The largest absolute Gasteiger partial charge is 0.371 e. The number of rotatable bonds is 5. The maximum absolute atomic E-state index is 4.27. The number of pyridine rings is 1. The first-order chi connectivity index (χ1) is 7.85. The van der Waals surface area contributed by atoms with Crippen molar-refractivity contribution in [2.24, 2.45) is 5.92 Å². The minimum Gasteiger partial charge on any atom is -0.371 e. The Kier molecular flexibility index (Phi) is 3.44. The lowest BCUT2D eigenvalue weighted by Gasteiger charge is -2.15. The Bertz CT molecular complexity index is 443.